The molecule has 3 rings (SSSR count). The Labute approximate surface area is 167 Å². The van der Waals surface area contributed by atoms with Crippen LogP contribution in [0.2, 0.25) is 10.0 Å². The van der Waals surface area contributed by atoms with Crippen LogP contribution in [0.3, 0.4) is 0 Å². The van der Waals surface area contributed by atoms with Crippen molar-refractivity contribution in [2.45, 2.75) is 6.92 Å². The molecule has 0 bridgehead atoms. The third-order valence-electron chi connectivity index (χ3n) is 3.65. The number of nitrogens with one attached hydrogen (secondary N) is 1. The second-order valence-electron chi connectivity index (χ2n) is 5.59. The van der Waals surface area contributed by atoms with Crippen LogP contribution in [-0.4, -0.2) is 12.5 Å². The summed E-state index contributed by atoms with van der Waals surface area (Å²) in [5.74, 6) is 1.34. The zero-order valence-corrected chi connectivity index (χ0v) is 16.1. The molecule has 6 heteroatoms. The lowest BCUT2D eigenvalue weighted by Crippen LogP contribution is -2.12. The number of hydrogen-bond acceptors (Lipinski definition) is 3. The zero-order valence-electron chi connectivity index (χ0n) is 14.5. The Morgan fingerprint density at radius 1 is 0.963 bits per heavy atom. The second kappa shape index (κ2) is 8.80. The second-order valence-corrected chi connectivity index (χ2v) is 6.43. The molecule has 0 aliphatic carbocycles. The lowest BCUT2D eigenvalue weighted by Gasteiger charge is -2.13. The maximum atomic E-state index is 12.6. The Hall–Kier alpha value is -2.69. The molecule has 1 N–H and O–H groups in total. The Morgan fingerprint density at radius 3 is 2.41 bits per heavy atom. The lowest BCUT2D eigenvalue weighted by atomic mass is 10.2. The van der Waals surface area contributed by atoms with Gasteiger partial charge in [-0.15, -0.1) is 0 Å². The standard InChI is InChI=1S/C21H17Cl2NO3/c1-2-26-19-10-8-14(12-17(19)23)21(25)24-18-13-15(22)9-11-20(18)27-16-6-4-3-5-7-16/h3-13H,2H2,1H3,(H,24,25). The van der Waals surface area contributed by atoms with Crippen molar-refractivity contribution in [2.24, 2.45) is 0 Å². The number of anilines is 1. The largest absolute Gasteiger partial charge is 0.492 e. The topological polar surface area (TPSA) is 47.6 Å². The number of carbonyl (C=O) groups is 1. The quantitative estimate of drug-likeness (QED) is 0.516. The molecule has 4 nitrogen and oxygen atoms in total. The van der Waals surface area contributed by atoms with Gasteiger partial charge < -0.3 is 14.8 Å². The first kappa shape index (κ1) is 19.1. The van der Waals surface area contributed by atoms with Crippen molar-refractivity contribution in [1.29, 1.82) is 0 Å². The van der Waals surface area contributed by atoms with Gasteiger partial charge in [0.1, 0.15) is 11.5 Å². The molecule has 0 fully saturated rings. The SMILES string of the molecule is CCOc1ccc(C(=O)Nc2cc(Cl)ccc2Oc2ccccc2)cc1Cl. The molecule has 0 heterocycles. The van der Waals surface area contributed by atoms with E-state index in [1.54, 1.807) is 36.4 Å². The van der Waals surface area contributed by atoms with E-state index in [1.807, 2.05) is 37.3 Å². The zero-order chi connectivity index (χ0) is 19.2. The molecule has 3 aromatic carbocycles. The summed E-state index contributed by atoms with van der Waals surface area (Å²) in [6.07, 6.45) is 0. The molecule has 0 saturated heterocycles. The molecule has 1 amide bonds. The van der Waals surface area contributed by atoms with E-state index in [0.717, 1.165) is 0 Å². The Morgan fingerprint density at radius 2 is 1.70 bits per heavy atom. The van der Waals surface area contributed by atoms with Crippen LogP contribution >= 0.6 is 23.2 Å². The highest BCUT2D eigenvalue weighted by Crippen LogP contribution is 2.33. The molecule has 27 heavy (non-hydrogen) atoms. The van der Waals surface area contributed by atoms with Gasteiger partial charge >= 0.3 is 0 Å². The van der Waals surface area contributed by atoms with Crippen LogP contribution in [0.25, 0.3) is 0 Å². The van der Waals surface area contributed by atoms with Crippen LogP contribution < -0.4 is 14.8 Å². The molecule has 138 valence electrons. The van der Waals surface area contributed by atoms with Crippen molar-refractivity contribution in [3.63, 3.8) is 0 Å². The van der Waals surface area contributed by atoms with Gasteiger partial charge in [-0.2, -0.15) is 0 Å². The van der Waals surface area contributed by atoms with Crippen LogP contribution in [0.15, 0.2) is 66.7 Å². The fourth-order valence-corrected chi connectivity index (χ4v) is 2.82. The maximum Gasteiger partial charge on any atom is 0.255 e. The first-order chi connectivity index (χ1) is 13.1. The monoisotopic (exact) mass is 401 g/mol. The smallest absolute Gasteiger partial charge is 0.255 e. The van der Waals surface area contributed by atoms with Gasteiger partial charge in [0.2, 0.25) is 0 Å². The van der Waals surface area contributed by atoms with E-state index in [0.29, 0.717) is 45.2 Å². The summed E-state index contributed by atoms with van der Waals surface area (Å²) >= 11 is 12.3. The minimum Gasteiger partial charge on any atom is -0.492 e. The number of carbonyl (C=O) groups excluding carboxylic acids is 1. The molecule has 0 spiro atoms. The maximum absolute atomic E-state index is 12.6. The molecular formula is C21H17Cl2NO3. The minimum atomic E-state index is -0.333. The van der Waals surface area contributed by atoms with Crippen LogP contribution in [0.1, 0.15) is 17.3 Å². The lowest BCUT2D eigenvalue weighted by molar-refractivity contribution is 0.102. The molecule has 0 aliphatic heterocycles. The first-order valence-electron chi connectivity index (χ1n) is 8.33. The number of halogens is 2. The minimum absolute atomic E-state index is 0.333. The van der Waals surface area contributed by atoms with E-state index >= 15 is 0 Å². The summed E-state index contributed by atoms with van der Waals surface area (Å²) < 4.78 is 11.2. The van der Waals surface area contributed by atoms with E-state index in [1.165, 1.54) is 0 Å². The fraction of sp³-hybridized carbons (Fsp3) is 0.0952. The van der Waals surface area contributed by atoms with Gasteiger partial charge in [-0.3, -0.25) is 4.79 Å². The predicted molar refractivity (Wildman–Crippen MR) is 109 cm³/mol. The highest BCUT2D eigenvalue weighted by Gasteiger charge is 2.13. The molecule has 0 aromatic heterocycles. The first-order valence-corrected chi connectivity index (χ1v) is 9.08. The van der Waals surface area contributed by atoms with Crippen molar-refractivity contribution >= 4 is 34.8 Å². The summed E-state index contributed by atoms with van der Waals surface area (Å²) in [6, 6.07) is 19.2. The Balaban J connectivity index is 1.83. The molecule has 0 unspecified atom stereocenters. The van der Waals surface area contributed by atoms with E-state index in [9.17, 15) is 4.79 Å². The van der Waals surface area contributed by atoms with E-state index in [-0.39, 0.29) is 5.91 Å². The van der Waals surface area contributed by atoms with Gasteiger partial charge in [0.05, 0.1) is 17.3 Å². The van der Waals surface area contributed by atoms with E-state index in [4.69, 9.17) is 32.7 Å². The third kappa shape index (κ3) is 4.94. The van der Waals surface area contributed by atoms with Gasteiger partial charge in [0.25, 0.3) is 5.91 Å². The molecule has 0 aliphatic rings. The van der Waals surface area contributed by atoms with Crippen LogP contribution in [0, 0.1) is 0 Å². The normalized spacial score (nSPS) is 10.3. The van der Waals surface area contributed by atoms with Crippen LogP contribution in [0.4, 0.5) is 5.69 Å². The average molecular weight is 402 g/mol. The molecule has 3 aromatic rings. The summed E-state index contributed by atoms with van der Waals surface area (Å²) in [5, 5.41) is 3.67. The highest BCUT2D eigenvalue weighted by atomic mass is 35.5. The Kier molecular flexibility index (Phi) is 6.22. The van der Waals surface area contributed by atoms with Crippen LogP contribution in [0.5, 0.6) is 17.2 Å². The van der Waals surface area contributed by atoms with Gasteiger partial charge in [-0.05, 0) is 55.5 Å². The van der Waals surface area contributed by atoms with Crippen molar-refractivity contribution in [3.8, 4) is 17.2 Å². The van der Waals surface area contributed by atoms with E-state index < -0.39 is 0 Å². The number of hydrogen-bond donors (Lipinski definition) is 1. The van der Waals surface area contributed by atoms with Gasteiger partial charge in [-0.25, -0.2) is 0 Å². The van der Waals surface area contributed by atoms with Gasteiger partial charge in [-0.1, -0.05) is 41.4 Å². The molecule has 0 radical (unpaired) electrons. The number of para-hydroxylation sites is 1. The molecule has 0 saturated carbocycles. The van der Waals surface area contributed by atoms with E-state index in [2.05, 4.69) is 5.32 Å². The molecule has 0 atom stereocenters. The van der Waals surface area contributed by atoms with Gasteiger partial charge in [0, 0.05) is 10.6 Å². The van der Waals surface area contributed by atoms with Crippen molar-refractivity contribution in [1.82, 2.24) is 0 Å². The summed E-state index contributed by atoms with van der Waals surface area (Å²) in [6.45, 7) is 2.36. The predicted octanol–water partition coefficient (Wildman–Crippen LogP) is 6.44. The number of ether oxygens (including phenoxy) is 2. The summed E-state index contributed by atoms with van der Waals surface area (Å²) in [5.41, 5.74) is 0.857. The Bertz CT molecular complexity index is 945. The summed E-state index contributed by atoms with van der Waals surface area (Å²) in [4.78, 5) is 12.6. The van der Waals surface area contributed by atoms with Gasteiger partial charge in [0.15, 0.2) is 5.75 Å². The molecular weight excluding hydrogens is 385 g/mol. The number of rotatable bonds is 6. The fourth-order valence-electron chi connectivity index (χ4n) is 2.41. The number of amides is 1. The summed E-state index contributed by atoms with van der Waals surface area (Å²) in [7, 11) is 0. The van der Waals surface area contributed by atoms with Crippen molar-refractivity contribution in [3.05, 3.63) is 82.3 Å². The van der Waals surface area contributed by atoms with Crippen molar-refractivity contribution in [2.75, 3.05) is 11.9 Å². The third-order valence-corrected chi connectivity index (χ3v) is 4.19. The van der Waals surface area contributed by atoms with Crippen molar-refractivity contribution < 1.29 is 14.3 Å². The highest BCUT2D eigenvalue weighted by molar-refractivity contribution is 6.32. The van der Waals surface area contributed by atoms with Crippen LogP contribution in [-0.2, 0) is 0 Å². The number of benzene rings is 3. The average Bonchev–Trinajstić information content (AvgIpc) is 2.66.